The minimum atomic E-state index is -0.164. The quantitative estimate of drug-likeness (QED) is 0.503. The Labute approximate surface area is 132 Å². The van der Waals surface area contributed by atoms with E-state index in [1.807, 2.05) is 18.2 Å². The Bertz CT molecular complexity index is 866. The molecule has 6 heteroatoms. The van der Waals surface area contributed by atoms with Crippen molar-refractivity contribution in [1.29, 1.82) is 0 Å². The van der Waals surface area contributed by atoms with Gasteiger partial charge in [-0.25, -0.2) is 14.9 Å². The Morgan fingerprint density at radius 1 is 1.14 bits per heavy atom. The number of hydrogen-bond acceptors (Lipinski definition) is 4. The number of aromatic amines is 1. The molecule has 4 rings (SSSR count). The maximum absolute atomic E-state index is 5.96. The zero-order chi connectivity index (χ0) is 15.1. The second kappa shape index (κ2) is 5.06. The topological polar surface area (TPSA) is 70.1 Å². The first-order chi connectivity index (χ1) is 10.8. The lowest BCUT2D eigenvalue weighted by molar-refractivity contribution is -0.674. The van der Waals surface area contributed by atoms with E-state index in [0.29, 0.717) is 5.96 Å². The second-order valence-corrected chi connectivity index (χ2v) is 6.03. The van der Waals surface area contributed by atoms with Crippen LogP contribution in [0.2, 0.25) is 0 Å². The van der Waals surface area contributed by atoms with Crippen molar-refractivity contribution in [2.24, 2.45) is 10.7 Å². The molecular weight excluding hydrogens is 294 g/mol. The van der Waals surface area contributed by atoms with Gasteiger partial charge in [0.05, 0.1) is 0 Å². The molecule has 1 aliphatic rings. The van der Waals surface area contributed by atoms with Crippen molar-refractivity contribution in [2.45, 2.75) is 11.1 Å². The summed E-state index contributed by atoms with van der Waals surface area (Å²) < 4.78 is 2.14. The van der Waals surface area contributed by atoms with Gasteiger partial charge >= 0.3 is 5.95 Å². The lowest BCUT2D eigenvalue weighted by Crippen LogP contribution is -2.48. The van der Waals surface area contributed by atoms with E-state index in [0.717, 1.165) is 22.5 Å². The molecule has 110 valence electrons. The molecule has 0 saturated heterocycles. The highest BCUT2D eigenvalue weighted by atomic mass is 32.2. The fourth-order valence-electron chi connectivity index (χ4n) is 2.79. The van der Waals surface area contributed by atoms with Gasteiger partial charge in [0.2, 0.25) is 6.17 Å². The van der Waals surface area contributed by atoms with Crippen LogP contribution < -0.4 is 15.6 Å². The summed E-state index contributed by atoms with van der Waals surface area (Å²) in [5.74, 6) is 1.28. The minimum Gasteiger partial charge on any atom is -0.357 e. The van der Waals surface area contributed by atoms with Crippen LogP contribution in [0.15, 0.2) is 58.4 Å². The summed E-state index contributed by atoms with van der Waals surface area (Å²) in [5, 5.41) is 3.10. The Morgan fingerprint density at radius 3 is 2.68 bits per heavy atom. The lowest BCUT2D eigenvalue weighted by atomic mass is 10.1. The van der Waals surface area contributed by atoms with Crippen LogP contribution in [0.5, 0.6) is 0 Å². The number of anilines is 1. The predicted octanol–water partition coefficient (Wildman–Crippen LogP) is 2.46. The van der Waals surface area contributed by atoms with Crippen molar-refractivity contribution in [1.82, 2.24) is 4.98 Å². The van der Waals surface area contributed by atoms with Gasteiger partial charge in [-0.2, -0.15) is 4.99 Å². The van der Waals surface area contributed by atoms with E-state index < -0.39 is 0 Å². The van der Waals surface area contributed by atoms with Crippen LogP contribution in [0.4, 0.5) is 5.95 Å². The number of imidazole rings is 1. The lowest BCUT2D eigenvalue weighted by Gasteiger charge is -2.18. The number of aromatic nitrogens is 2. The molecule has 1 atom stereocenters. The van der Waals surface area contributed by atoms with Gasteiger partial charge in [-0.05, 0) is 30.5 Å². The molecule has 0 saturated carbocycles. The van der Waals surface area contributed by atoms with Crippen molar-refractivity contribution in [3.8, 4) is 0 Å². The van der Waals surface area contributed by atoms with E-state index in [-0.39, 0.29) is 6.17 Å². The average Bonchev–Trinajstić information content (AvgIpc) is 2.92. The molecule has 1 aromatic heterocycles. The normalized spacial score (nSPS) is 17.0. The van der Waals surface area contributed by atoms with Gasteiger partial charge in [-0.1, -0.05) is 24.3 Å². The third-order valence-corrected chi connectivity index (χ3v) is 4.57. The molecule has 1 aliphatic heterocycles. The number of benzene rings is 2. The van der Waals surface area contributed by atoms with Crippen molar-refractivity contribution in [2.75, 3.05) is 11.6 Å². The van der Waals surface area contributed by atoms with Crippen molar-refractivity contribution < 1.29 is 4.57 Å². The maximum Gasteiger partial charge on any atom is 0.365 e. The van der Waals surface area contributed by atoms with Gasteiger partial charge < -0.3 is 5.73 Å². The predicted molar refractivity (Wildman–Crippen MR) is 90.1 cm³/mol. The van der Waals surface area contributed by atoms with Gasteiger partial charge in [0.15, 0.2) is 0 Å². The van der Waals surface area contributed by atoms with Crippen molar-refractivity contribution in [3.63, 3.8) is 0 Å². The van der Waals surface area contributed by atoms with E-state index >= 15 is 0 Å². The van der Waals surface area contributed by atoms with E-state index in [4.69, 9.17) is 5.73 Å². The number of para-hydroxylation sites is 2. The third-order valence-electron chi connectivity index (χ3n) is 3.82. The smallest absolute Gasteiger partial charge is 0.357 e. The fourth-order valence-corrected chi connectivity index (χ4v) is 3.19. The number of thioether (sulfide) groups is 1. The number of guanidine groups is 1. The van der Waals surface area contributed by atoms with E-state index in [1.165, 1.54) is 4.90 Å². The summed E-state index contributed by atoms with van der Waals surface area (Å²) in [6, 6.07) is 16.6. The van der Waals surface area contributed by atoms with Crippen LogP contribution in [-0.2, 0) is 0 Å². The number of nitrogens with one attached hydrogen (secondary N) is 2. The first-order valence-electron chi connectivity index (χ1n) is 7.03. The molecule has 5 nitrogen and oxygen atoms in total. The number of hydrogen-bond donors (Lipinski definition) is 3. The standard InChI is InChI=1S/C16H15N5S/c1-22-11-8-6-10(7-9-11)14-19-15(17)20-16-18-12-4-2-3-5-13(12)21(14)16/h2-9,14H,1H3,(H3,17,18,19,20)/p+1/t14-/m0/s1. The number of rotatable bonds is 2. The summed E-state index contributed by atoms with van der Waals surface area (Å²) in [5.41, 5.74) is 9.22. The van der Waals surface area contributed by atoms with Crippen molar-refractivity contribution >= 4 is 34.7 Å². The molecule has 22 heavy (non-hydrogen) atoms. The molecular formula is C16H16N5S+. The van der Waals surface area contributed by atoms with Gasteiger partial charge in [-0.15, -0.1) is 11.8 Å². The Kier molecular flexibility index (Phi) is 3.04. The molecule has 0 bridgehead atoms. The highest BCUT2D eigenvalue weighted by Crippen LogP contribution is 2.25. The Balaban J connectivity index is 1.89. The summed E-state index contributed by atoms with van der Waals surface area (Å²) in [7, 11) is 0. The Hall–Kier alpha value is -2.47. The molecule has 0 radical (unpaired) electrons. The molecule has 2 aromatic carbocycles. The first kappa shape index (κ1) is 13.2. The highest BCUT2D eigenvalue weighted by Gasteiger charge is 2.30. The molecule has 0 amide bonds. The molecule has 2 heterocycles. The number of aliphatic imine (C=N–C) groups is 1. The summed E-state index contributed by atoms with van der Waals surface area (Å²) in [6.07, 6.45) is 1.91. The molecule has 4 N–H and O–H groups in total. The minimum absolute atomic E-state index is 0.164. The number of nitrogens with two attached hydrogens (primary N) is 1. The zero-order valence-electron chi connectivity index (χ0n) is 12.1. The average molecular weight is 310 g/mol. The summed E-state index contributed by atoms with van der Waals surface area (Å²) >= 11 is 1.73. The first-order valence-corrected chi connectivity index (χ1v) is 8.25. The van der Waals surface area contributed by atoms with Gasteiger partial charge in [0.1, 0.15) is 11.0 Å². The van der Waals surface area contributed by atoms with Crippen molar-refractivity contribution in [3.05, 3.63) is 54.1 Å². The summed E-state index contributed by atoms with van der Waals surface area (Å²) in [6.45, 7) is 0. The SMILES string of the molecule is CSc1ccc([C@H]2N=C(N)Nc3[nH]c4ccccc4[n+]32)cc1. The maximum atomic E-state index is 5.96. The third kappa shape index (κ3) is 2.03. The van der Waals surface area contributed by atoms with Crippen LogP contribution in [-0.4, -0.2) is 17.2 Å². The van der Waals surface area contributed by atoms with Crippen LogP contribution in [0, 0.1) is 0 Å². The molecule has 3 aromatic rings. The Morgan fingerprint density at radius 2 is 1.91 bits per heavy atom. The molecule has 0 fully saturated rings. The summed E-state index contributed by atoms with van der Waals surface area (Å²) in [4.78, 5) is 9.18. The highest BCUT2D eigenvalue weighted by molar-refractivity contribution is 7.98. The van der Waals surface area contributed by atoms with Crippen LogP contribution >= 0.6 is 11.8 Å². The fraction of sp³-hybridized carbons (Fsp3) is 0.125. The number of nitrogens with zero attached hydrogens (tertiary/aromatic N) is 2. The van der Waals surface area contributed by atoms with Crippen LogP contribution in [0.25, 0.3) is 11.0 Å². The second-order valence-electron chi connectivity index (χ2n) is 5.15. The number of fused-ring (bicyclic) bond motifs is 3. The molecule has 0 unspecified atom stereocenters. The molecule has 0 aliphatic carbocycles. The van der Waals surface area contributed by atoms with Crippen LogP contribution in [0.1, 0.15) is 11.7 Å². The van der Waals surface area contributed by atoms with E-state index in [9.17, 15) is 0 Å². The van der Waals surface area contributed by atoms with Crippen LogP contribution in [0.3, 0.4) is 0 Å². The largest absolute Gasteiger partial charge is 0.365 e. The van der Waals surface area contributed by atoms with Gasteiger partial charge in [-0.3, -0.25) is 0 Å². The number of H-pyrrole nitrogens is 1. The zero-order valence-corrected chi connectivity index (χ0v) is 12.9. The van der Waals surface area contributed by atoms with E-state index in [1.54, 1.807) is 11.8 Å². The van der Waals surface area contributed by atoms with Gasteiger partial charge in [0.25, 0.3) is 5.96 Å². The monoisotopic (exact) mass is 310 g/mol. The van der Waals surface area contributed by atoms with E-state index in [2.05, 4.69) is 56.4 Å². The van der Waals surface area contributed by atoms with Gasteiger partial charge in [0, 0.05) is 10.5 Å². The molecule has 0 spiro atoms.